The molecule has 0 radical (unpaired) electrons. The summed E-state index contributed by atoms with van der Waals surface area (Å²) in [6.45, 7) is 0. The molecule has 0 fully saturated rings. The number of fused-ring (bicyclic) bond motifs is 1. The summed E-state index contributed by atoms with van der Waals surface area (Å²) in [7, 11) is -0.528. The van der Waals surface area contributed by atoms with Gasteiger partial charge in [-0.25, -0.2) is 13.4 Å². The first kappa shape index (κ1) is 18.5. The fraction of sp³-hybridized carbons (Fsp3) is 0.167. The quantitative estimate of drug-likeness (QED) is 0.519. The smallest absolute Gasteiger partial charge is 0.243 e. The van der Waals surface area contributed by atoms with Crippen LogP contribution in [0.1, 0.15) is 17.4 Å². The molecule has 2 aromatic heterocycles. The van der Waals surface area contributed by atoms with Crippen LogP contribution < -0.4 is 9.46 Å². The number of rotatable bonds is 6. The van der Waals surface area contributed by atoms with Gasteiger partial charge in [-0.15, -0.1) is 0 Å². The number of benzene rings is 2. The van der Waals surface area contributed by atoms with Crippen molar-refractivity contribution >= 4 is 32.8 Å². The van der Waals surface area contributed by atoms with E-state index in [-0.39, 0.29) is 4.90 Å². The molecule has 28 heavy (non-hydrogen) atoms. The third kappa shape index (κ3) is 3.37. The number of nitrogens with zero attached hydrogens (tertiary/aromatic N) is 4. The number of methoxy groups -OCH3 is 1. The molecule has 0 saturated carbocycles. The Bertz CT molecular complexity index is 1230. The van der Waals surface area contributed by atoms with E-state index in [9.17, 15) is 8.42 Å². The minimum absolute atomic E-state index is 0.0841. The summed E-state index contributed by atoms with van der Waals surface area (Å²) < 4.78 is 44.6. The van der Waals surface area contributed by atoms with Gasteiger partial charge in [0, 0.05) is 19.4 Å². The van der Waals surface area contributed by atoms with Gasteiger partial charge in [-0.05, 0) is 29.8 Å². The lowest BCUT2D eigenvalue weighted by Gasteiger charge is -2.20. The molecular weight excluding hydrogens is 398 g/mol. The van der Waals surface area contributed by atoms with E-state index in [0.29, 0.717) is 28.2 Å². The second-order valence-corrected chi connectivity index (χ2v) is 8.33. The number of sulfonamides is 1. The highest BCUT2D eigenvalue weighted by atomic mass is 32.2. The first-order valence-electron chi connectivity index (χ1n) is 8.34. The van der Waals surface area contributed by atoms with E-state index in [0.717, 1.165) is 11.7 Å². The molecule has 8 nitrogen and oxygen atoms in total. The minimum atomic E-state index is -3.91. The Morgan fingerprint density at radius 1 is 1.18 bits per heavy atom. The molecule has 0 spiro atoms. The average Bonchev–Trinajstić information content (AvgIpc) is 3.34. The molecule has 0 aliphatic heterocycles. The van der Waals surface area contributed by atoms with Crippen LogP contribution in [0.5, 0.6) is 5.75 Å². The predicted molar refractivity (Wildman–Crippen MR) is 106 cm³/mol. The number of aromatic nitrogens is 4. The summed E-state index contributed by atoms with van der Waals surface area (Å²) in [5.41, 5.74) is 1.60. The van der Waals surface area contributed by atoms with Gasteiger partial charge in [-0.3, -0.25) is 0 Å². The molecule has 10 heteroatoms. The maximum Gasteiger partial charge on any atom is 0.243 e. The number of nitrogens with one attached hydrogen (secondary N) is 1. The van der Waals surface area contributed by atoms with Crippen molar-refractivity contribution in [2.24, 2.45) is 7.05 Å². The van der Waals surface area contributed by atoms with Crippen molar-refractivity contribution in [3.8, 4) is 5.75 Å². The van der Waals surface area contributed by atoms with Gasteiger partial charge in [0.25, 0.3) is 0 Å². The third-order valence-corrected chi connectivity index (χ3v) is 6.35. The van der Waals surface area contributed by atoms with Crippen LogP contribution >= 0.6 is 11.7 Å². The zero-order valence-electron chi connectivity index (χ0n) is 15.1. The van der Waals surface area contributed by atoms with E-state index in [1.807, 2.05) is 19.2 Å². The van der Waals surface area contributed by atoms with Crippen molar-refractivity contribution in [2.45, 2.75) is 10.9 Å². The zero-order chi connectivity index (χ0) is 19.7. The molecule has 1 N–H and O–H groups in total. The lowest BCUT2D eigenvalue weighted by Crippen LogP contribution is -2.31. The summed E-state index contributed by atoms with van der Waals surface area (Å²) in [4.78, 5) is 4.43. The average molecular weight is 416 g/mol. The monoisotopic (exact) mass is 415 g/mol. The lowest BCUT2D eigenvalue weighted by molar-refractivity contribution is 0.413. The second kappa shape index (κ2) is 7.30. The molecule has 0 aliphatic rings. The van der Waals surface area contributed by atoms with Gasteiger partial charge in [0.2, 0.25) is 10.0 Å². The van der Waals surface area contributed by atoms with Gasteiger partial charge in [-0.2, -0.15) is 13.5 Å². The largest absolute Gasteiger partial charge is 0.497 e. The summed E-state index contributed by atoms with van der Waals surface area (Å²) in [5.74, 6) is 1.18. The predicted octanol–water partition coefficient (Wildman–Crippen LogP) is 2.50. The first-order valence-corrected chi connectivity index (χ1v) is 10.6. The topological polar surface area (TPSA) is 99.0 Å². The normalized spacial score (nSPS) is 12.9. The Hall–Kier alpha value is -2.82. The second-order valence-electron chi connectivity index (χ2n) is 6.12. The zero-order valence-corrected chi connectivity index (χ0v) is 16.7. The number of ether oxygens (including phenoxy) is 1. The van der Waals surface area contributed by atoms with E-state index in [4.69, 9.17) is 4.74 Å². The lowest BCUT2D eigenvalue weighted by atomic mass is 10.1. The van der Waals surface area contributed by atoms with Crippen molar-refractivity contribution in [3.63, 3.8) is 0 Å². The van der Waals surface area contributed by atoms with Crippen molar-refractivity contribution in [3.05, 3.63) is 66.2 Å². The van der Waals surface area contributed by atoms with Crippen LogP contribution in [-0.2, 0) is 17.1 Å². The summed E-state index contributed by atoms with van der Waals surface area (Å²) in [5, 5.41) is 0. The SMILES string of the molecule is COc1cccc(C(NS(=O)(=O)c2cccc3nsnc23)c2nccn2C)c1. The Morgan fingerprint density at radius 2 is 2.00 bits per heavy atom. The molecule has 2 heterocycles. The van der Waals surface area contributed by atoms with E-state index < -0.39 is 16.1 Å². The van der Waals surface area contributed by atoms with Crippen LogP contribution in [0.4, 0.5) is 0 Å². The Morgan fingerprint density at radius 3 is 2.75 bits per heavy atom. The van der Waals surface area contributed by atoms with Gasteiger partial charge < -0.3 is 9.30 Å². The fourth-order valence-electron chi connectivity index (χ4n) is 2.96. The van der Waals surface area contributed by atoms with E-state index in [1.165, 1.54) is 6.07 Å². The van der Waals surface area contributed by atoms with E-state index >= 15 is 0 Å². The summed E-state index contributed by atoms with van der Waals surface area (Å²) in [6.07, 6.45) is 3.39. The third-order valence-electron chi connectivity index (χ3n) is 4.36. The molecule has 4 aromatic rings. The summed E-state index contributed by atoms with van der Waals surface area (Å²) in [6, 6.07) is 11.4. The van der Waals surface area contributed by atoms with Gasteiger partial charge in [-0.1, -0.05) is 18.2 Å². The molecule has 1 unspecified atom stereocenters. The van der Waals surface area contributed by atoms with Gasteiger partial charge in [0.05, 0.1) is 18.8 Å². The first-order chi connectivity index (χ1) is 13.5. The maximum atomic E-state index is 13.2. The van der Waals surface area contributed by atoms with Gasteiger partial charge in [0.1, 0.15) is 33.5 Å². The number of aryl methyl sites for hydroxylation is 1. The molecule has 0 saturated heterocycles. The summed E-state index contributed by atoms with van der Waals surface area (Å²) >= 11 is 0.978. The van der Waals surface area contributed by atoms with Crippen LogP contribution in [0.2, 0.25) is 0 Å². The molecule has 0 amide bonds. The molecule has 0 bridgehead atoms. The standard InChI is InChI=1S/C18H17N5O3S2/c1-23-10-9-19-18(23)16(12-5-3-6-13(11-12)26-2)22-28(24,25)15-8-4-7-14-17(15)21-27-20-14/h3-11,16,22H,1-2H3. The van der Waals surface area contributed by atoms with Crippen LogP contribution in [0.25, 0.3) is 11.0 Å². The Labute approximate surface area is 166 Å². The van der Waals surface area contributed by atoms with Crippen molar-refractivity contribution in [1.82, 2.24) is 23.0 Å². The van der Waals surface area contributed by atoms with E-state index in [1.54, 1.807) is 48.3 Å². The maximum absolute atomic E-state index is 13.2. The molecule has 4 rings (SSSR count). The fourth-order valence-corrected chi connectivity index (χ4v) is 4.91. The van der Waals surface area contributed by atoms with Crippen LogP contribution in [0.15, 0.2) is 59.8 Å². The van der Waals surface area contributed by atoms with Crippen molar-refractivity contribution < 1.29 is 13.2 Å². The van der Waals surface area contributed by atoms with Crippen LogP contribution in [0.3, 0.4) is 0 Å². The number of imidazole rings is 1. The molecule has 2 aromatic carbocycles. The molecule has 1 atom stereocenters. The number of hydrogen-bond donors (Lipinski definition) is 1. The molecule has 144 valence electrons. The molecular formula is C18H17N5O3S2. The van der Waals surface area contributed by atoms with Crippen molar-refractivity contribution in [2.75, 3.05) is 7.11 Å². The number of hydrogen-bond acceptors (Lipinski definition) is 7. The van der Waals surface area contributed by atoms with Crippen molar-refractivity contribution in [1.29, 1.82) is 0 Å². The Kier molecular flexibility index (Phi) is 4.84. The highest BCUT2D eigenvalue weighted by molar-refractivity contribution is 7.89. The van der Waals surface area contributed by atoms with Crippen LogP contribution in [-0.4, -0.2) is 33.8 Å². The van der Waals surface area contributed by atoms with E-state index in [2.05, 4.69) is 18.5 Å². The van der Waals surface area contributed by atoms with Gasteiger partial charge in [0.15, 0.2) is 0 Å². The van der Waals surface area contributed by atoms with Crippen LogP contribution in [0, 0.1) is 0 Å². The Balaban J connectivity index is 1.81. The van der Waals surface area contributed by atoms with Gasteiger partial charge >= 0.3 is 0 Å². The molecule has 0 aliphatic carbocycles. The highest BCUT2D eigenvalue weighted by Crippen LogP contribution is 2.28. The minimum Gasteiger partial charge on any atom is -0.497 e. The highest BCUT2D eigenvalue weighted by Gasteiger charge is 2.28.